The summed E-state index contributed by atoms with van der Waals surface area (Å²) in [6, 6.07) is 17.8. The van der Waals surface area contributed by atoms with Gasteiger partial charge in [-0.25, -0.2) is 9.78 Å². The topological polar surface area (TPSA) is 63.2 Å². The molecule has 0 fully saturated rings. The van der Waals surface area contributed by atoms with Crippen molar-refractivity contribution < 1.29 is 9.53 Å². The number of hydrogen-bond donors (Lipinski definition) is 2. The van der Waals surface area contributed by atoms with Crippen molar-refractivity contribution in [1.82, 2.24) is 4.98 Å². The van der Waals surface area contributed by atoms with Crippen LogP contribution in [0.4, 0.5) is 16.2 Å². The molecule has 3 aromatic rings. The van der Waals surface area contributed by atoms with Gasteiger partial charge in [0.1, 0.15) is 11.4 Å². The van der Waals surface area contributed by atoms with Crippen molar-refractivity contribution in [3.63, 3.8) is 0 Å². The van der Waals surface area contributed by atoms with Crippen molar-refractivity contribution in [3.8, 4) is 11.6 Å². The summed E-state index contributed by atoms with van der Waals surface area (Å²) >= 11 is 6.09. The van der Waals surface area contributed by atoms with Crippen molar-refractivity contribution in [2.24, 2.45) is 0 Å². The van der Waals surface area contributed by atoms with E-state index in [1.165, 1.54) is 0 Å². The lowest BCUT2D eigenvalue weighted by atomic mass is 9.86. The van der Waals surface area contributed by atoms with Crippen LogP contribution in [0.2, 0.25) is 5.02 Å². The molecule has 0 unspecified atom stereocenters. The number of benzene rings is 2. The minimum atomic E-state index is -0.435. The maximum Gasteiger partial charge on any atom is 0.323 e. The number of carbonyl (C=O) groups excluding carboxylic acids is 1. The highest BCUT2D eigenvalue weighted by molar-refractivity contribution is 6.33. The summed E-state index contributed by atoms with van der Waals surface area (Å²) < 4.78 is 6.06. The van der Waals surface area contributed by atoms with E-state index in [9.17, 15) is 4.79 Å². The number of nitrogens with one attached hydrogen (secondary N) is 2. The Kier molecular flexibility index (Phi) is 5.85. The zero-order valence-electron chi connectivity index (χ0n) is 16.0. The van der Waals surface area contributed by atoms with E-state index in [1.807, 2.05) is 24.3 Å². The van der Waals surface area contributed by atoms with Gasteiger partial charge in [0.2, 0.25) is 5.88 Å². The number of aromatic nitrogens is 1. The fourth-order valence-electron chi connectivity index (χ4n) is 2.69. The molecule has 6 heteroatoms. The number of urea groups is 1. The van der Waals surface area contributed by atoms with E-state index >= 15 is 0 Å². The van der Waals surface area contributed by atoms with Crippen LogP contribution in [0.1, 0.15) is 26.3 Å². The number of nitrogens with zero attached hydrogens (tertiary/aromatic N) is 1. The van der Waals surface area contributed by atoms with Crippen LogP contribution in [0, 0.1) is 0 Å². The number of carbonyl (C=O) groups is 1. The SMILES string of the molecule is CC(C)(C)c1ccccc1Oc1ncccc1NC(=O)Nc1ccccc1Cl. The molecule has 2 aromatic carbocycles. The summed E-state index contributed by atoms with van der Waals surface area (Å²) in [4.78, 5) is 16.7. The summed E-state index contributed by atoms with van der Waals surface area (Å²) in [5.74, 6) is 1.01. The zero-order valence-corrected chi connectivity index (χ0v) is 16.7. The molecule has 0 atom stereocenters. The van der Waals surface area contributed by atoms with Gasteiger partial charge in [-0.15, -0.1) is 0 Å². The van der Waals surface area contributed by atoms with Crippen LogP contribution in [0.15, 0.2) is 66.9 Å². The molecule has 0 saturated carbocycles. The molecular formula is C22H22ClN3O2. The first-order chi connectivity index (χ1) is 13.3. The molecule has 0 saturated heterocycles. The normalized spacial score (nSPS) is 11.0. The van der Waals surface area contributed by atoms with Crippen molar-refractivity contribution in [3.05, 3.63) is 77.4 Å². The number of para-hydroxylation sites is 2. The number of anilines is 2. The monoisotopic (exact) mass is 395 g/mol. The lowest BCUT2D eigenvalue weighted by molar-refractivity contribution is 0.262. The zero-order chi connectivity index (χ0) is 20.1. The molecule has 0 aliphatic carbocycles. The van der Waals surface area contributed by atoms with Crippen molar-refractivity contribution in [2.45, 2.75) is 26.2 Å². The van der Waals surface area contributed by atoms with E-state index in [1.54, 1.807) is 42.6 Å². The Balaban J connectivity index is 1.81. The highest BCUT2D eigenvalue weighted by Gasteiger charge is 2.20. The third-order valence-corrected chi connectivity index (χ3v) is 4.37. The summed E-state index contributed by atoms with van der Waals surface area (Å²) in [6.07, 6.45) is 1.62. The maximum atomic E-state index is 12.4. The van der Waals surface area contributed by atoms with Gasteiger partial charge in [-0.1, -0.05) is 62.7 Å². The van der Waals surface area contributed by atoms with Crippen LogP contribution in [0.3, 0.4) is 0 Å². The molecule has 0 aliphatic heterocycles. The minimum absolute atomic E-state index is 0.0968. The molecule has 3 rings (SSSR count). The molecule has 144 valence electrons. The highest BCUT2D eigenvalue weighted by Crippen LogP contribution is 2.35. The molecule has 1 heterocycles. The number of amides is 2. The smallest absolute Gasteiger partial charge is 0.323 e. The van der Waals surface area contributed by atoms with Gasteiger partial charge < -0.3 is 15.4 Å². The Hall–Kier alpha value is -3.05. The maximum absolute atomic E-state index is 12.4. The van der Waals surface area contributed by atoms with Gasteiger partial charge in [0.05, 0.1) is 10.7 Å². The van der Waals surface area contributed by atoms with Crippen LogP contribution in [-0.4, -0.2) is 11.0 Å². The molecule has 0 spiro atoms. The molecule has 2 N–H and O–H groups in total. The molecular weight excluding hydrogens is 374 g/mol. The van der Waals surface area contributed by atoms with Gasteiger partial charge in [-0.3, -0.25) is 0 Å². The number of hydrogen-bond acceptors (Lipinski definition) is 3. The van der Waals surface area contributed by atoms with E-state index in [0.29, 0.717) is 28.0 Å². The van der Waals surface area contributed by atoms with Gasteiger partial charge in [0, 0.05) is 11.8 Å². The van der Waals surface area contributed by atoms with Crippen LogP contribution in [0.25, 0.3) is 0 Å². The Morgan fingerprint density at radius 2 is 1.57 bits per heavy atom. The van der Waals surface area contributed by atoms with Crippen molar-refractivity contribution in [1.29, 1.82) is 0 Å². The third kappa shape index (κ3) is 4.81. The average Bonchev–Trinajstić information content (AvgIpc) is 2.65. The average molecular weight is 396 g/mol. The summed E-state index contributed by atoms with van der Waals surface area (Å²) in [5.41, 5.74) is 1.93. The van der Waals surface area contributed by atoms with E-state index in [2.05, 4.69) is 36.4 Å². The van der Waals surface area contributed by atoms with Crippen LogP contribution >= 0.6 is 11.6 Å². The fourth-order valence-corrected chi connectivity index (χ4v) is 2.87. The number of pyridine rings is 1. The Morgan fingerprint density at radius 1 is 0.929 bits per heavy atom. The number of rotatable bonds is 4. The first-order valence-electron chi connectivity index (χ1n) is 8.89. The third-order valence-electron chi connectivity index (χ3n) is 4.04. The van der Waals surface area contributed by atoms with E-state index < -0.39 is 6.03 Å². The van der Waals surface area contributed by atoms with Crippen molar-refractivity contribution in [2.75, 3.05) is 10.6 Å². The highest BCUT2D eigenvalue weighted by atomic mass is 35.5. The molecule has 0 aliphatic rings. The van der Waals surface area contributed by atoms with Gasteiger partial charge >= 0.3 is 6.03 Å². The van der Waals surface area contributed by atoms with E-state index in [-0.39, 0.29) is 5.41 Å². The molecule has 0 radical (unpaired) electrons. The fraction of sp³-hybridized carbons (Fsp3) is 0.182. The summed E-state index contributed by atoms with van der Waals surface area (Å²) in [7, 11) is 0. The second-order valence-electron chi connectivity index (χ2n) is 7.26. The first kappa shape index (κ1) is 19.7. The van der Waals surface area contributed by atoms with Crippen LogP contribution in [-0.2, 0) is 5.41 Å². The van der Waals surface area contributed by atoms with E-state index in [0.717, 1.165) is 5.56 Å². The molecule has 2 amide bonds. The summed E-state index contributed by atoms with van der Waals surface area (Å²) in [5, 5.41) is 5.95. The largest absolute Gasteiger partial charge is 0.437 e. The molecule has 28 heavy (non-hydrogen) atoms. The first-order valence-corrected chi connectivity index (χ1v) is 9.27. The Morgan fingerprint density at radius 3 is 2.32 bits per heavy atom. The predicted octanol–water partition coefficient (Wildman–Crippen LogP) is 6.47. The Bertz CT molecular complexity index is 983. The minimum Gasteiger partial charge on any atom is -0.437 e. The second kappa shape index (κ2) is 8.31. The van der Waals surface area contributed by atoms with Gasteiger partial charge in [0.25, 0.3) is 0 Å². The molecule has 0 bridgehead atoms. The standard InChI is InChI=1S/C22H22ClN3O2/c1-22(2,3)15-9-4-7-13-19(15)28-20-18(12-8-14-24-20)26-21(27)25-17-11-6-5-10-16(17)23/h4-14H,1-3H3,(H2,25,26,27). The van der Waals surface area contributed by atoms with Gasteiger partial charge in [-0.2, -0.15) is 0 Å². The molecule has 5 nitrogen and oxygen atoms in total. The van der Waals surface area contributed by atoms with Crippen LogP contribution in [0.5, 0.6) is 11.6 Å². The summed E-state index contributed by atoms with van der Waals surface area (Å²) in [6.45, 7) is 6.34. The van der Waals surface area contributed by atoms with Gasteiger partial charge in [0.15, 0.2) is 0 Å². The number of ether oxygens (including phenoxy) is 1. The second-order valence-corrected chi connectivity index (χ2v) is 7.67. The molecule has 1 aromatic heterocycles. The number of halogens is 1. The lowest BCUT2D eigenvalue weighted by Crippen LogP contribution is -2.20. The predicted molar refractivity (Wildman–Crippen MR) is 114 cm³/mol. The van der Waals surface area contributed by atoms with E-state index in [4.69, 9.17) is 16.3 Å². The Labute approximate surface area is 169 Å². The van der Waals surface area contributed by atoms with Crippen molar-refractivity contribution >= 4 is 29.0 Å². The van der Waals surface area contributed by atoms with Gasteiger partial charge in [-0.05, 0) is 35.7 Å². The quantitative estimate of drug-likeness (QED) is 0.532. The van der Waals surface area contributed by atoms with Crippen LogP contribution < -0.4 is 15.4 Å². The lowest BCUT2D eigenvalue weighted by Gasteiger charge is -2.22.